The molecule has 0 unspecified atom stereocenters. The standard InChI is InChI=1S/C20H20N4O3S2/c25-20(16-13-21-19(22-14-16)15-5-2-1-3-6-15)24-10-8-17(9-11-24)23-29(26,27)18-7-4-12-28-18/h1-7,12-14,17,23H,8-11H2. The highest BCUT2D eigenvalue weighted by atomic mass is 32.2. The van der Waals surface area contributed by atoms with Crippen LogP contribution in [0, 0.1) is 0 Å². The minimum atomic E-state index is -3.49. The van der Waals surface area contributed by atoms with Crippen LogP contribution in [0.1, 0.15) is 23.2 Å². The maximum Gasteiger partial charge on any atom is 0.256 e. The molecule has 0 atom stereocenters. The van der Waals surface area contributed by atoms with Crippen LogP contribution in [0.5, 0.6) is 0 Å². The zero-order chi connectivity index (χ0) is 20.3. The molecule has 4 rings (SSSR count). The SMILES string of the molecule is O=C(c1cnc(-c2ccccc2)nc1)N1CCC(NS(=O)(=O)c2cccs2)CC1. The van der Waals surface area contributed by atoms with E-state index in [1.54, 1.807) is 34.8 Å². The summed E-state index contributed by atoms with van der Waals surface area (Å²) >= 11 is 1.19. The summed E-state index contributed by atoms with van der Waals surface area (Å²) in [4.78, 5) is 23.1. The first kappa shape index (κ1) is 19.7. The van der Waals surface area contributed by atoms with Gasteiger partial charge in [0.15, 0.2) is 5.82 Å². The number of amides is 1. The topological polar surface area (TPSA) is 92.3 Å². The van der Waals surface area contributed by atoms with Gasteiger partial charge in [0.05, 0.1) is 5.56 Å². The normalized spacial score (nSPS) is 15.4. The van der Waals surface area contributed by atoms with E-state index in [-0.39, 0.29) is 11.9 Å². The Morgan fingerprint density at radius 3 is 2.34 bits per heavy atom. The summed E-state index contributed by atoms with van der Waals surface area (Å²) in [6, 6.07) is 12.7. The second-order valence-corrected chi connectivity index (χ2v) is 9.67. The van der Waals surface area contributed by atoms with Crippen molar-refractivity contribution in [3.8, 4) is 11.4 Å². The number of likely N-dealkylation sites (tertiary alicyclic amines) is 1. The average Bonchev–Trinajstić information content (AvgIpc) is 3.30. The Kier molecular flexibility index (Phi) is 5.70. The number of thiophene rings is 1. The van der Waals surface area contributed by atoms with Gasteiger partial charge in [-0.3, -0.25) is 4.79 Å². The van der Waals surface area contributed by atoms with E-state index in [0.717, 1.165) is 5.56 Å². The molecule has 0 radical (unpaired) electrons. The quantitative estimate of drug-likeness (QED) is 0.675. The van der Waals surface area contributed by atoms with Crippen molar-refractivity contribution in [3.05, 3.63) is 65.8 Å². The fourth-order valence-corrected chi connectivity index (χ4v) is 5.57. The molecule has 1 fully saturated rings. The van der Waals surface area contributed by atoms with Gasteiger partial charge in [0, 0.05) is 37.1 Å². The molecule has 2 aromatic heterocycles. The summed E-state index contributed by atoms with van der Waals surface area (Å²) in [5, 5.41) is 1.74. The smallest absolute Gasteiger partial charge is 0.256 e. The molecule has 9 heteroatoms. The summed E-state index contributed by atoms with van der Waals surface area (Å²) in [5.41, 5.74) is 1.33. The van der Waals surface area contributed by atoms with Crippen molar-refractivity contribution in [1.82, 2.24) is 19.6 Å². The van der Waals surface area contributed by atoms with Crippen molar-refractivity contribution in [2.24, 2.45) is 0 Å². The van der Waals surface area contributed by atoms with Crippen molar-refractivity contribution in [3.63, 3.8) is 0 Å². The van der Waals surface area contributed by atoms with Crippen LogP contribution in [0.15, 0.2) is 64.4 Å². The van der Waals surface area contributed by atoms with Crippen LogP contribution in [0.3, 0.4) is 0 Å². The number of hydrogen-bond acceptors (Lipinski definition) is 6. The number of sulfonamides is 1. The van der Waals surface area contributed by atoms with Crippen LogP contribution in [0.2, 0.25) is 0 Å². The average molecular weight is 429 g/mol. The van der Waals surface area contributed by atoms with Gasteiger partial charge in [-0.2, -0.15) is 0 Å². The number of aromatic nitrogens is 2. The molecule has 1 saturated heterocycles. The Balaban J connectivity index is 1.35. The fraction of sp³-hybridized carbons (Fsp3) is 0.250. The fourth-order valence-electron chi connectivity index (χ4n) is 3.25. The number of rotatable bonds is 5. The molecule has 3 aromatic rings. The van der Waals surface area contributed by atoms with Gasteiger partial charge in [-0.05, 0) is 24.3 Å². The molecule has 0 bridgehead atoms. The highest BCUT2D eigenvalue weighted by Crippen LogP contribution is 2.20. The highest BCUT2D eigenvalue weighted by molar-refractivity contribution is 7.91. The molecule has 3 heterocycles. The molecule has 0 aliphatic carbocycles. The Hall–Kier alpha value is -2.62. The second kappa shape index (κ2) is 8.40. The van der Waals surface area contributed by atoms with E-state index >= 15 is 0 Å². The summed E-state index contributed by atoms with van der Waals surface area (Å²) in [5.74, 6) is 0.438. The summed E-state index contributed by atoms with van der Waals surface area (Å²) in [6.07, 6.45) is 4.23. The maximum absolute atomic E-state index is 12.7. The van der Waals surface area contributed by atoms with Crippen LogP contribution in [0.25, 0.3) is 11.4 Å². The zero-order valence-corrected chi connectivity index (χ0v) is 17.2. The van der Waals surface area contributed by atoms with E-state index in [2.05, 4.69) is 14.7 Å². The summed E-state index contributed by atoms with van der Waals surface area (Å²) in [6.45, 7) is 0.966. The lowest BCUT2D eigenvalue weighted by Crippen LogP contribution is -2.46. The molecule has 0 spiro atoms. The molecular formula is C20H20N4O3S2. The van der Waals surface area contributed by atoms with Crippen molar-refractivity contribution < 1.29 is 13.2 Å². The predicted octanol–water partition coefficient (Wildman–Crippen LogP) is 2.79. The van der Waals surface area contributed by atoms with Gasteiger partial charge in [0.2, 0.25) is 10.0 Å². The van der Waals surface area contributed by atoms with E-state index in [9.17, 15) is 13.2 Å². The van der Waals surface area contributed by atoms with Gasteiger partial charge < -0.3 is 4.90 Å². The molecule has 1 amide bonds. The van der Waals surface area contributed by atoms with Gasteiger partial charge in [0.25, 0.3) is 5.91 Å². The largest absolute Gasteiger partial charge is 0.338 e. The highest BCUT2D eigenvalue weighted by Gasteiger charge is 2.27. The van der Waals surface area contributed by atoms with Crippen LogP contribution in [0.4, 0.5) is 0 Å². The van der Waals surface area contributed by atoms with Crippen LogP contribution in [-0.4, -0.2) is 48.3 Å². The van der Waals surface area contributed by atoms with E-state index < -0.39 is 10.0 Å². The third-order valence-electron chi connectivity index (χ3n) is 4.79. The van der Waals surface area contributed by atoms with Gasteiger partial charge in [-0.1, -0.05) is 36.4 Å². The zero-order valence-electron chi connectivity index (χ0n) is 15.6. The summed E-state index contributed by atoms with van der Waals surface area (Å²) in [7, 11) is -3.49. The lowest BCUT2D eigenvalue weighted by molar-refractivity contribution is 0.0710. The number of hydrogen-bond donors (Lipinski definition) is 1. The molecule has 1 aliphatic heterocycles. The number of carbonyl (C=O) groups excluding carboxylic acids is 1. The second-order valence-electron chi connectivity index (χ2n) is 6.78. The lowest BCUT2D eigenvalue weighted by atomic mass is 10.1. The van der Waals surface area contributed by atoms with Gasteiger partial charge >= 0.3 is 0 Å². The third-order valence-corrected chi connectivity index (χ3v) is 7.71. The first-order chi connectivity index (χ1) is 14.0. The van der Waals surface area contributed by atoms with Gasteiger partial charge in [-0.25, -0.2) is 23.1 Å². The minimum absolute atomic E-state index is 0.135. The Morgan fingerprint density at radius 1 is 1.03 bits per heavy atom. The van der Waals surface area contributed by atoms with Crippen LogP contribution < -0.4 is 4.72 Å². The number of nitrogens with one attached hydrogen (secondary N) is 1. The predicted molar refractivity (Wildman–Crippen MR) is 111 cm³/mol. The molecule has 1 N–H and O–H groups in total. The van der Waals surface area contributed by atoms with Gasteiger partial charge in [0.1, 0.15) is 4.21 Å². The first-order valence-corrected chi connectivity index (χ1v) is 11.6. The van der Waals surface area contributed by atoms with Crippen molar-refractivity contribution in [2.75, 3.05) is 13.1 Å². The molecular weight excluding hydrogens is 408 g/mol. The van der Waals surface area contributed by atoms with Crippen molar-refractivity contribution in [2.45, 2.75) is 23.1 Å². The minimum Gasteiger partial charge on any atom is -0.338 e. The molecule has 0 saturated carbocycles. The Bertz CT molecular complexity index is 1060. The Morgan fingerprint density at radius 2 is 1.72 bits per heavy atom. The van der Waals surface area contributed by atoms with Gasteiger partial charge in [-0.15, -0.1) is 11.3 Å². The van der Waals surface area contributed by atoms with Crippen LogP contribution in [-0.2, 0) is 10.0 Å². The van der Waals surface area contributed by atoms with E-state index in [1.807, 2.05) is 30.3 Å². The number of carbonyl (C=O) groups is 1. The number of benzene rings is 1. The lowest BCUT2D eigenvalue weighted by Gasteiger charge is -2.32. The number of nitrogens with zero attached hydrogens (tertiary/aromatic N) is 3. The Labute approximate surface area is 173 Å². The van der Waals surface area contributed by atoms with Crippen molar-refractivity contribution in [1.29, 1.82) is 0 Å². The molecule has 7 nitrogen and oxygen atoms in total. The monoisotopic (exact) mass is 428 g/mol. The van der Waals surface area contributed by atoms with E-state index in [1.165, 1.54) is 11.3 Å². The molecule has 150 valence electrons. The number of piperidine rings is 1. The van der Waals surface area contributed by atoms with Crippen molar-refractivity contribution >= 4 is 27.3 Å². The molecule has 1 aliphatic rings. The molecule has 29 heavy (non-hydrogen) atoms. The van der Waals surface area contributed by atoms with Crippen LogP contribution >= 0.6 is 11.3 Å². The summed E-state index contributed by atoms with van der Waals surface area (Å²) < 4.78 is 27.8. The first-order valence-electron chi connectivity index (χ1n) is 9.25. The third kappa shape index (κ3) is 4.52. The van der Waals surface area contributed by atoms with E-state index in [0.29, 0.717) is 41.5 Å². The van der Waals surface area contributed by atoms with E-state index in [4.69, 9.17) is 0 Å². The molecule has 1 aromatic carbocycles. The maximum atomic E-state index is 12.7.